The molecule has 0 radical (unpaired) electrons. The van der Waals surface area contributed by atoms with E-state index in [1.807, 2.05) is 93.6 Å². The molecule has 3 aromatic carbocycles. The minimum atomic E-state index is -0.464. The van der Waals surface area contributed by atoms with Gasteiger partial charge in [-0.05, 0) is 79.9 Å². The first-order chi connectivity index (χ1) is 15.9. The molecule has 0 bridgehead atoms. The number of nitrogens with zero attached hydrogens (tertiary/aromatic N) is 2. The van der Waals surface area contributed by atoms with Crippen LogP contribution >= 0.6 is 0 Å². The van der Waals surface area contributed by atoms with Crippen molar-refractivity contribution in [2.75, 3.05) is 20.3 Å². The number of hydrogen-bond acceptors (Lipinski definition) is 6. The van der Waals surface area contributed by atoms with Gasteiger partial charge in [-0.2, -0.15) is 10.2 Å². The van der Waals surface area contributed by atoms with Crippen LogP contribution in [-0.4, -0.2) is 26.3 Å². The van der Waals surface area contributed by atoms with Gasteiger partial charge >= 0.3 is 5.97 Å². The van der Waals surface area contributed by atoms with Gasteiger partial charge in [-0.15, -0.1) is 0 Å². The normalized spacial score (nSPS) is 11.4. The molecule has 6 heteroatoms. The zero-order valence-electron chi connectivity index (χ0n) is 19.6. The van der Waals surface area contributed by atoms with Gasteiger partial charge in [-0.3, -0.25) is 4.79 Å². The van der Waals surface area contributed by atoms with E-state index in [2.05, 4.69) is 10.2 Å². The van der Waals surface area contributed by atoms with Gasteiger partial charge in [0.25, 0.3) is 0 Å². The summed E-state index contributed by atoms with van der Waals surface area (Å²) < 4.78 is 16.1. The van der Waals surface area contributed by atoms with Gasteiger partial charge < -0.3 is 14.2 Å². The lowest BCUT2D eigenvalue weighted by Crippen LogP contribution is -2.27. The molecule has 0 aliphatic carbocycles. The van der Waals surface area contributed by atoms with E-state index in [4.69, 9.17) is 14.2 Å². The predicted octanol–water partition coefficient (Wildman–Crippen LogP) is 7.14. The van der Waals surface area contributed by atoms with Crippen LogP contribution in [0.4, 0.5) is 11.4 Å². The Kier molecular flexibility index (Phi) is 8.19. The Labute approximate surface area is 195 Å². The van der Waals surface area contributed by atoms with Crippen LogP contribution in [-0.2, 0) is 9.53 Å². The van der Waals surface area contributed by atoms with Crippen molar-refractivity contribution in [3.63, 3.8) is 0 Å². The highest BCUT2D eigenvalue weighted by Crippen LogP contribution is 2.26. The quantitative estimate of drug-likeness (QED) is 0.189. The first-order valence-corrected chi connectivity index (χ1v) is 11.0. The average Bonchev–Trinajstić information content (AvgIpc) is 2.86. The van der Waals surface area contributed by atoms with Gasteiger partial charge in [-0.25, -0.2) is 0 Å². The standard InChI is InChI=1S/C27H30N2O4/c1-5-27(2,3)26(30)33-19-18-32-25-14-8-21(9-15-25)20-6-10-22(11-7-20)28-29-23-12-16-24(31-4)17-13-23/h6-17H,5,18-19H2,1-4H3. The molecule has 0 aliphatic rings. The van der Waals surface area contributed by atoms with Crippen LogP contribution in [0.2, 0.25) is 0 Å². The van der Waals surface area contributed by atoms with Gasteiger partial charge in [-0.1, -0.05) is 31.2 Å². The zero-order chi connectivity index (χ0) is 23.7. The Morgan fingerprint density at radius 2 is 1.24 bits per heavy atom. The minimum Gasteiger partial charge on any atom is -0.497 e. The van der Waals surface area contributed by atoms with E-state index in [9.17, 15) is 4.79 Å². The lowest BCUT2D eigenvalue weighted by molar-refractivity contribution is -0.154. The molecule has 0 aliphatic heterocycles. The molecule has 0 unspecified atom stereocenters. The summed E-state index contributed by atoms with van der Waals surface area (Å²) in [7, 11) is 1.63. The molecular formula is C27H30N2O4. The number of azo groups is 1. The van der Waals surface area contributed by atoms with Crippen molar-refractivity contribution in [3.8, 4) is 22.6 Å². The smallest absolute Gasteiger partial charge is 0.311 e. The van der Waals surface area contributed by atoms with E-state index >= 15 is 0 Å². The van der Waals surface area contributed by atoms with Crippen molar-refractivity contribution in [2.45, 2.75) is 27.2 Å². The maximum Gasteiger partial charge on any atom is 0.311 e. The number of benzene rings is 3. The number of hydrogen-bond donors (Lipinski definition) is 0. The van der Waals surface area contributed by atoms with Crippen LogP contribution in [0.1, 0.15) is 27.2 Å². The summed E-state index contributed by atoms with van der Waals surface area (Å²) in [6.07, 6.45) is 0.737. The number of rotatable bonds is 10. The Balaban J connectivity index is 1.51. The second-order valence-electron chi connectivity index (χ2n) is 8.19. The second kappa shape index (κ2) is 11.3. The third-order valence-electron chi connectivity index (χ3n) is 5.43. The lowest BCUT2D eigenvalue weighted by Gasteiger charge is -2.20. The van der Waals surface area contributed by atoms with Gasteiger partial charge in [0.05, 0.1) is 23.9 Å². The van der Waals surface area contributed by atoms with Crippen LogP contribution in [0.25, 0.3) is 11.1 Å². The largest absolute Gasteiger partial charge is 0.497 e. The van der Waals surface area contributed by atoms with Crippen molar-refractivity contribution >= 4 is 17.3 Å². The highest BCUT2D eigenvalue weighted by molar-refractivity contribution is 5.75. The molecule has 0 aromatic heterocycles. The van der Waals surface area contributed by atoms with Gasteiger partial charge in [0.2, 0.25) is 0 Å². The Morgan fingerprint density at radius 1 is 0.758 bits per heavy atom. The number of carbonyl (C=O) groups excluding carboxylic acids is 1. The molecule has 3 aromatic rings. The van der Waals surface area contributed by atoms with Crippen LogP contribution < -0.4 is 9.47 Å². The predicted molar refractivity (Wildman–Crippen MR) is 130 cm³/mol. The SMILES string of the molecule is CCC(C)(C)C(=O)OCCOc1ccc(-c2ccc(N=Nc3ccc(OC)cc3)cc2)cc1. The molecule has 0 heterocycles. The number of esters is 1. The molecule has 0 atom stereocenters. The summed E-state index contributed by atoms with van der Waals surface area (Å²) in [5.41, 5.74) is 3.21. The molecule has 0 N–H and O–H groups in total. The Bertz CT molecular complexity index is 1060. The van der Waals surface area contributed by atoms with Crippen LogP contribution in [0, 0.1) is 5.41 Å². The van der Waals surface area contributed by atoms with Gasteiger partial charge in [0, 0.05) is 0 Å². The van der Waals surface area contributed by atoms with Crippen LogP contribution in [0.15, 0.2) is 83.0 Å². The number of methoxy groups -OCH3 is 1. The fourth-order valence-electron chi connectivity index (χ4n) is 2.86. The molecule has 33 heavy (non-hydrogen) atoms. The van der Waals surface area contributed by atoms with Crippen molar-refractivity contribution in [1.29, 1.82) is 0 Å². The lowest BCUT2D eigenvalue weighted by atomic mass is 9.91. The molecule has 0 spiro atoms. The molecule has 0 fully saturated rings. The molecular weight excluding hydrogens is 416 g/mol. The number of carbonyl (C=O) groups is 1. The topological polar surface area (TPSA) is 69.5 Å². The molecule has 6 nitrogen and oxygen atoms in total. The molecule has 172 valence electrons. The third-order valence-corrected chi connectivity index (χ3v) is 5.43. The van der Waals surface area contributed by atoms with Crippen molar-refractivity contribution in [2.24, 2.45) is 15.6 Å². The highest BCUT2D eigenvalue weighted by atomic mass is 16.6. The highest BCUT2D eigenvalue weighted by Gasteiger charge is 2.26. The molecule has 0 saturated carbocycles. The monoisotopic (exact) mass is 446 g/mol. The number of ether oxygens (including phenoxy) is 3. The summed E-state index contributed by atoms with van der Waals surface area (Å²) in [6.45, 7) is 6.28. The summed E-state index contributed by atoms with van der Waals surface area (Å²) in [6, 6.07) is 23.1. The molecule has 0 amide bonds. The van der Waals surface area contributed by atoms with Crippen LogP contribution in [0.3, 0.4) is 0 Å². The van der Waals surface area contributed by atoms with Crippen molar-refractivity contribution in [1.82, 2.24) is 0 Å². The summed E-state index contributed by atoms with van der Waals surface area (Å²) >= 11 is 0. The fraction of sp³-hybridized carbons (Fsp3) is 0.296. The van der Waals surface area contributed by atoms with Gasteiger partial charge in [0.15, 0.2) is 0 Å². The van der Waals surface area contributed by atoms with Crippen molar-refractivity contribution in [3.05, 3.63) is 72.8 Å². The maximum atomic E-state index is 12.0. The minimum absolute atomic E-state index is 0.198. The van der Waals surface area contributed by atoms with Crippen molar-refractivity contribution < 1.29 is 19.0 Å². The fourth-order valence-corrected chi connectivity index (χ4v) is 2.86. The van der Waals surface area contributed by atoms with Gasteiger partial charge in [0.1, 0.15) is 24.7 Å². The molecule has 3 rings (SSSR count). The van der Waals surface area contributed by atoms with E-state index in [1.54, 1.807) is 7.11 Å². The first-order valence-electron chi connectivity index (χ1n) is 11.0. The Hall–Kier alpha value is -3.67. The molecule has 0 saturated heterocycles. The zero-order valence-corrected chi connectivity index (χ0v) is 19.6. The van der Waals surface area contributed by atoms with E-state index in [0.717, 1.165) is 40.4 Å². The second-order valence-corrected chi connectivity index (χ2v) is 8.19. The van der Waals surface area contributed by atoms with Crippen LogP contribution in [0.5, 0.6) is 11.5 Å². The average molecular weight is 447 g/mol. The third kappa shape index (κ3) is 6.91. The Morgan fingerprint density at radius 3 is 1.76 bits per heavy atom. The van der Waals surface area contributed by atoms with E-state index in [1.165, 1.54) is 0 Å². The summed E-state index contributed by atoms with van der Waals surface area (Å²) in [4.78, 5) is 12.0. The van der Waals surface area contributed by atoms with E-state index in [-0.39, 0.29) is 12.6 Å². The summed E-state index contributed by atoms with van der Waals surface area (Å²) in [5.74, 6) is 1.32. The van der Waals surface area contributed by atoms with E-state index in [0.29, 0.717) is 6.61 Å². The van der Waals surface area contributed by atoms with E-state index < -0.39 is 5.41 Å². The first kappa shape index (κ1) is 24.0. The maximum absolute atomic E-state index is 12.0. The summed E-state index contributed by atoms with van der Waals surface area (Å²) in [5, 5.41) is 8.54.